The number of halogens is 1. The zero-order chi connectivity index (χ0) is 22.7. The third-order valence-corrected chi connectivity index (χ3v) is 6.47. The average Bonchev–Trinajstić information content (AvgIpc) is 3.53. The molecule has 2 atom stereocenters. The first-order valence-electron chi connectivity index (χ1n) is 10.9. The lowest BCUT2D eigenvalue weighted by atomic mass is 9.93. The summed E-state index contributed by atoms with van der Waals surface area (Å²) in [6.45, 7) is 3.60. The van der Waals surface area contributed by atoms with E-state index in [1.54, 1.807) is 36.0 Å². The van der Waals surface area contributed by atoms with E-state index in [1.165, 1.54) is 6.07 Å². The van der Waals surface area contributed by atoms with Crippen molar-refractivity contribution in [3.05, 3.63) is 59.2 Å². The lowest BCUT2D eigenvalue weighted by molar-refractivity contribution is -0.126. The van der Waals surface area contributed by atoms with Gasteiger partial charge >= 0.3 is 5.97 Å². The average molecular weight is 459 g/mol. The van der Waals surface area contributed by atoms with Crippen molar-refractivity contribution in [2.24, 2.45) is 5.92 Å². The number of aromatic nitrogens is 3. The molecular weight excluding hydrogens is 431 g/mol. The number of ketones is 1. The number of benzene rings is 1. The number of carbonyl (C=O) groups is 2. The van der Waals surface area contributed by atoms with Crippen molar-refractivity contribution in [2.75, 3.05) is 19.7 Å². The van der Waals surface area contributed by atoms with Gasteiger partial charge in [0.25, 0.3) is 0 Å². The lowest BCUT2D eigenvalue weighted by Crippen LogP contribution is -2.42. The molecule has 170 valence electrons. The van der Waals surface area contributed by atoms with Crippen LogP contribution in [0, 0.1) is 11.7 Å². The van der Waals surface area contributed by atoms with E-state index >= 15 is 0 Å². The van der Waals surface area contributed by atoms with Gasteiger partial charge in [0.15, 0.2) is 11.5 Å². The Bertz CT molecular complexity index is 1020. The van der Waals surface area contributed by atoms with Gasteiger partial charge in [-0.1, -0.05) is 29.5 Å². The molecule has 2 aliphatic rings. The summed E-state index contributed by atoms with van der Waals surface area (Å²) in [4.78, 5) is 27.0. The first-order chi connectivity index (χ1) is 15.5. The van der Waals surface area contributed by atoms with Crippen molar-refractivity contribution >= 4 is 24.4 Å². The molecule has 0 bridgehead atoms. The molecule has 1 aliphatic carbocycles. The molecule has 1 saturated carbocycles. The molecule has 0 spiro atoms. The normalized spacial score (nSPS) is 21.5. The summed E-state index contributed by atoms with van der Waals surface area (Å²) in [6, 6.07) is 5.96. The molecule has 4 rings (SSSR count). The molecule has 2 aromatic rings. The van der Waals surface area contributed by atoms with Gasteiger partial charge in [0, 0.05) is 29.8 Å². The van der Waals surface area contributed by atoms with Crippen LogP contribution < -0.4 is 0 Å². The van der Waals surface area contributed by atoms with Crippen LogP contribution in [0.5, 0.6) is 0 Å². The highest BCUT2D eigenvalue weighted by atomic mass is 32.1. The summed E-state index contributed by atoms with van der Waals surface area (Å²) in [7, 11) is 0. The molecule has 2 fully saturated rings. The molecule has 9 heteroatoms. The summed E-state index contributed by atoms with van der Waals surface area (Å²) in [5.74, 6) is -0.729. The minimum atomic E-state index is -0.588. The number of ether oxygens (including phenoxy) is 1. The highest BCUT2D eigenvalue weighted by molar-refractivity contribution is 7.81. The van der Waals surface area contributed by atoms with Crippen LogP contribution in [-0.2, 0) is 16.1 Å². The van der Waals surface area contributed by atoms with E-state index < -0.39 is 12.0 Å². The van der Waals surface area contributed by atoms with E-state index in [9.17, 15) is 14.0 Å². The molecule has 2 heterocycles. The molecular formula is C23H27FN4O3S. The molecule has 1 aliphatic heterocycles. The molecule has 1 aromatic carbocycles. The van der Waals surface area contributed by atoms with Crippen LogP contribution in [0.25, 0.3) is 0 Å². The molecule has 2 unspecified atom stereocenters. The standard InChI is InChI=1S/C23H27FN4O3S/c1-2-31-23(30)19-14-28(26-25-19)12-9-16-13-27(11-10-20(16)32)21(22(29)15-7-8-15)17-5-3-4-6-18(17)24/h3-6,9,14-15,20-21,32H,2,7-8,10-13H2,1H3. The number of thiol groups is 1. The van der Waals surface area contributed by atoms with Crippen molar-refractivity contribution in [2.45, 2.75) is 44.0 Å². The smallest absolute Gasteiger partial charge is 0.360 e. The maximum Gasteiger partial charge on any atom is 0.360 e. The van der Waals surface area contributed by atoms with E-state index in [2.05, 4.69) is 15.2 Å². The number of esters is 1. The third-order valence-electron chi connectivity index (χ3n) is 5.88. The van der Waals surface area contributed by atoms with Gasteiger partial charge < -0.3 is 4.74 Å². The highest BCUT2D eigenvalue weighted by Crippen LogP contribution is 2.39. The van der Waals surface area contributed by atoms with Crippen molar-refractivity contribution < 1.29 is 18.7 Å². The van der Waals surface area contributed by atoms with E-state index in [0.29, 0.717) is 25.2 Å². The van der Waals surface area contributed by atoms with E-state index in [1.807, 2.05) is 6.08 Å². The zero-order valence-corrected chi connectivity index (χ0v) is 18.9. The largest absolute Gasteiger partial charge is 0.461 e. The SMILES string of the molecule is CCOC(=O)c1cn(CC=C2CN(C(C(=O)C3CC3)c3ccccc3F)CCC2S)nn1. The number of rotatable bonds is 8. The zero-order valence-electron chi connectivity index (χ0n) is 18.0. The molecule has 0 amide bonds. The minimum Gasteiger partial charge on any atom is -0.461 e. The minimum absolute atomic E-state index is 0.0252. The Labute approximate surface area is 192 Å². The fourth-order valence-corrected chi connectivity index (χ4v) is 4.33. The van der Waals surface area contributed by atoms with Crippen LogP contribution in [0.3, 0.4) is 0 Å². The van der Waals surface area contributed by atoms with Gasteiger partial charge in [-0.05, 0) is 37.8 Å². The van der Waals surface area contributed by atoms with Crippen molar-refractivity contribution in [3.8, 4) is 0 Å². The van der Waals surface area contributed by atoms with Crippen molar-refractivity contribution in [1.82, 2.24) is 19.9 Å². The van der Waals surface area contributed by atoms with Gasteiger partial charge in [-0.15, -0.1) is 5.10 Å². The van der Waals surface area contributed by atoms with Crippen LogP contribution in [0.15, 0.2) is 42.1 Å². The van der Waals surface area contributed by atoms with Crippen LogP contribution >= 0.6 is 12.6 Å². The Morgan fingerprint density at radius 3 is 2.81 bits per heavy atom. The predicted molar refractivity (Wildman–Crippen MR) is 120 cm³/mol. The Morgan fingerprint density at radius 1 is 1.31 bits per heavy atom. The van der Waals surface area contributed by atoms with Crippen LogP contribution in [0.1, 0.15) is 48.3 Å². The topological polar surface area (TPSA) is 77.3 Å². The van der Waals surface area contributed by atoms with E-state index in [0.717, 1.165) is 24.8 Å². The maximum absolute atomic E-state index is 14.6. The first-order valence-corrected chi connectivity index (χ1v) is 11.5. The molecule has 32 heavy (non-hydrogen) atoms. The number of hydrogen-bond donors (Lipinski definition) is 1. The Hall–Kier alpha value is -2.52. The van der Waals surface area contributed by atoms with E-state index in [-0.39, 0.29) is 35.1 Å². The lowest BCUT2D eigenvalue weighted by Gasteiger charge is -2.37. The van der Waals surface area contributed by atoms with Gasteiger partial charge in [-0.3, -0.25) is 9.69 Å². The molecule has 0 radical (unpaired) electrons. The summed E-state index contributed by atoms with van der Waals surface area (Å²) in [5, 5.41) is 7.87. The first kappa shape index (κ1) is 22.7. The second kappa shape index (κ2) is 9.95. The number of nitrogens with zero attached hydrogens (tertiary/aromatic N) is 4. The second-order valence-corrected chi connectivity index (χ2v) is 8.82. The number of Topliss-reactive ketones (excluding diaryl/α,β-unsaturated/α-hetero) is 1. The maximum atomic E-state index is 14.6. The summed E-state index contributed by atoms with van der Waals surface area (Å²) >= 11 is 4.72. The third kappa shape index (κ3) is 5.10. The predicted octanol–water partition coefficient (Wildman–Crippen LogP) is 3.24. The Balaban J connectivity index is 1.52. The monoisotopic (exact) mass is 458 g/mol. The number of allylic oxidation sites excluding steroid dienone is 1. The molecule has 7 nitrogen and oxygen atoms in total. The molecule has 0 N–H and O–H groups in total. The number of hydrogen-bond acceptors (Lipinski definition) is 7. The quantitative estimate of drug-likeness (QED) is 0.372. The number of likely N-dealkylation sites (tertiary alicyclic amines) is 1. The molecule has 1 aromatic heterocycles. The Morgan fingerprint density at radius 2 is 2.09 bits per heavy atom. The van der Waals surface area contributed by atoms with Crippen LogP contribution in [0.4, 0.5) is 4.39 Å². The van der Waals surface area contributed by atoms with E-state index in [4.69, 9.17) is 17.4 Å². The second-order valence-electron chi connectivity index (χ2n) is 8.20. The summed E-state index contributed by atoms with van der Waals surface area (Å²) in [6.07, 6.45) is 6.05. The molecule has 1 saturated heterocycles. The van der Waals surface area contributed by atoms with Crippen molar-refractivity contribution in [1.29, 1.82) is 0 Å². The van der Waals surface area contributed by atoms with Gasteiger partial charge in [-0.25, -0.2) is 13.9 Å². The van der Waals surface area contributed by atoms with Crippen LogP contribution in [0.2, 0.25) is 0 Å². The Kier molecular flexibility index (Phi) is 7.05. The summed E-state index contributed by atoms with van der Waals surface area (Å²) < 4.78 is 21.1. The summed E-state index contributed by atoms with van der Waals surface area (Å²) in [5.41, 5.74) is 1.64. The van der Waals surface area contributed by atoms with Gasteiger partial charge in [0.2, 0.25) is 0 Å². The highest BCUT2D eigenvalue weighted by Gasteiger charge is 2.40. The fourth-order valence-electron chi connectivity index (χ4n) is 4.03. The van der Waals surface area contributed by atoms with Gasteiger partial charge in [-0.2, -0.15) is 12.6 Å². The number of carbonyl (C=O) groups excluding carboxylic acids is 2. The van der Waals surface area contributed by atoms with Gasteiger partial charge in [0.05, 0.1) is 25.4 Å². The van der Waals surface area contributed by atoms with Crippen LogP contribution in [-0.4, -0.2) is 56.6 Å². The fraction of sp³-hybridized carbons (Fsp3) is 0.478. The number of piperidine rings is 1. The van der Waals surface area contributed by atoms with Crippen molar-refractivity contribution in [3.63, 3.8) is 0 Å². The van der Waals surface area contributed by atoms with Gasteiger partial charge in [0.1, 0.15) is 5.82 Å².